The number of carbonyl (C=O) groups is 2. The number of hydrogen-bond donors (Lipinski definition) is 0. The van der Waals surface area contributed by atoms with Crippen molar-refractivity contribution < 1.29 is 14.3 Å². The van der Waals surface area contributed by atoms with Crippen molar-refractivity contribution in [2.24, 2.45) is 5.92 Å². The van der Waals surface area contributed by atoms with Gasteiger partial charge in [-0.3, -0.25) is 4.79 Å². The van der Waals surface area contributed by atoms with Gasteiger partial charge in [-0.1, -0.05) is 37.3 Å². The second kappa shape index (κ2) is 8.37. The van der Waals surface area contributed by atoms with Crippen molar-refractivity contribution in [2.75, 3.05) is 26.2 Å². The molecule has 1 aromatic carbocycles. The first-order chi connectivity index (χ1) is 11.8. The highest BCUT2D eigenvalue weighted by atomic mass is 16.6. The Kier molecular flexibility index (Phi) is 6.45. The molecule has 1 aliphatic heterocycles. The molecule has 2 amide bonds. The van der Waals surface area contributed by atoms with E-state index in [4.69, 9.17) is 4.74 Å². The number of carbonyl (C=O) groups excluding carboxylic acids is 2. The van der Waals surface area contributed by atoms with Crippen LogP contribution < -0.4 is 0 Å². The number of benzene rings is 1. The Morgan fingerprint density at radius 2 is 1.60 bits per heavy atom. The van der Waals surface area contributed by atoms with Crippen LogP contribution in [-0.4, -0.2) is 53.6 Å². The third-order valence-corrected chi connectivity index (χ3v) is 4.37. The first kappa shape index (κ1) is 19.3. The number of aryl methyl sites for hydroxylation is 1. The predicted molar refractivity (Wildman–Crippen MR) is 98.3 cm³/mol. The second-order valence-electron chi connectivity index (χ2n) is 7.72. The molecule has 0 unspecified atom stereocenters. The fourth-order valence-corrected chi connectivity index (χ4v) is 2.90. The maximum absolute atomic E-state index is 12.6. The van der Waals surface area contributed by atoms with Crippen molar-refractivity contribution in [3.63, 3.8) is 0 Å². The first-order valence-corrected chi connectivity index (χ1v) is 9.07. The molecule has 0 spiro atoms. The van der Waals surface area contributed by atoms with Crippen LogP contribution in [-0.2, 0) is 16.0 Å². The van der Waals surface area contributed by atoms with E-state index in [0.717, 1.165) is 12.8 Å². The van der Waals surface area contributed by atoms with Gasteiger partial charge in [0.15, 0.2) is 0 Å². The molecule has 1 saturated heterocycles. The van der Waals surface area contributed by atoms with Crippen molar-refractivity contribution in [3.8, 4) is 0 Å². The van der Waals surface area contributed by atoms with Crippen LogP contribution in [0.4, 0.5) is 4.79 Å². The van der Waals surface area contributed by atoms with Crippen LogP contribution in [0.1, 0.15) is 39.7 Å². The Morgan fingerprint density at radius 1 is 1.04 bits per heavy atom. The molecule has 5 nitrogen and oxygen atoms in total. The average molecular weight is 346 g/mol. The van der Waals surface area contributed by atoms with Crippen molar-refractivity contribution in [1.29, 1.82) is 0 Å². The monoisotopic (exact) mass is 346 g/mol. The van der Waals surface area contributed by atoms with Crippen molar-refractivity contribution in [1.82, 2.24) is 9.80 Å². The summed E-state index contributed by atoms with van der Waals surface area (Å²) in [6.07, 6.45) is 1.46. The number of ether oxygens (including phenoxy) is 1. The van der Waals surface area contributed by atoms with Gasteiger partial charge < -0.3 is 14.5 Å². The van der Waals surface area contributed by atoms with Crippen LogP contribution >= 0.6 is 0 Å². The lowest BCUT2D eigenvalue weighted by Crippen LogP contribution is -2.52. The van der Waals surface area contributed by atoms with E-state index in [1.165, 1.54) is 5.56 Å². The lowest BCUT2D eigenvalue weighted by atomic mass is 9.99. The van der Waals surface area contributed by atoms with E-state index in [1.807, 2.05) is 50.8 Å². The average Bonchev–Trinajstić information content (AvgIpc) is 2.58. The highest BCUT2D eigenvalue weighted by Gasteiger charge is 2.29. The molecule has 0 N–H and O–H groups in total. The molecular weight excluding hydrogens is 316 g/mol. The number of hydrogen-bond acceptors (Lipinski definition) is 3. The highest BCUT2D eigenvalue weighted by Crippen LogP contribution is 2.16. The van der Waals surface area contributed by atoms with Gasteiger partial charge in [-0.25, -0.2) is 4.79 Å². The van der Waals surface area contributed by atoms with Gasteiger partial charge in [-0.05, 0) is 39.2 Å². The Labute approximate surface area is 150 Å². The molecule has 25 heavy (non-hydrogen) atoms. The van der Waals surface area contributed by atoms with Crippen molar-refractivity contribution in [2.45, 2.75) is 46.1 Å². The van der Waals surface area contributed by atoms with Gasteiger partial charge in [-0.15, -0.1) is 0 Å². The van der Waals surface area contributed by atoms with Crippen LogP contribution in [0.2, 0.25) is 0 Å². The summed E-state index contributed by atoms with van der Waals surface area (Å²) in [5.41, 5.74) is 0.771. The van der Waals surface area contributed by atoms with Gasteiger partial charge >= 0.3 is 6.09 Å². The van der Waals surface area contributed by atoms with E-state index in [1.54, 1.807) is 4.90 Å². The zero-order valence-electron chi connectivity index (χ0n) is 15.8. The summed E-state index contributed by atoms with van der Waals surface area (Å²) in [5, 5.41) is 0. The molecule has 1 aromatic rings. The number of amides is 2. The summed E-state index contributed by atoms with van der Waals surface area (Å²) < 4.78 is 5.39. The fraction of sp³-hybridized carbons (Fsp3) is 0.600. The molecule has 138 valence electrons. The lowest BCUT2D eigenvalue weighted by molar-refractivity contribution is -0.136. The Bertz CT molecular complexity index is 572. The van der Waals surface area contributed by atoms with E-state index in [2.05, 4.69) is 12.1 Å². The lowest BCUT2D eigenvalue weighted by Gasteiger charge is -2.36. The fourth-order valence-electron chi connectivity index (χ4n) is 2.90. The van der Waals surface area contributed by atoms with Crippen LogP contribution in [0, 0.1) is 5.92 Å². The van der Waals surface area contributed by atoms with Gasteiger partial charge in [0, 0.05) is 32.1 Å². The van der Waals surface area contributed by atoms with Crippen LogP contribution in [0.25, 0.3) is 0 Å². The minimum Gasteiger partial charge on any atom is -0.444 e. The van der Waals surface area contributed by atoms with Crippen molar-refractivity contribution >= 4 is 12.0 Å². The van der Waals surface area contributed by atoms with E-state index < -0.39 is 5.60 Å². The third-order valence-electron chi connectivity index (χ3n) is 4.37. The van der Waals surface area contributed by atoms with Crippen molar-refractivity contribution in [3.05, 3.63) is 35.9 Å². The van der Waals surface area contributed by atoms with Gasteiger partial charge in [0.25, 0.3) is 0 Å². The van der Waals surface area contributed by atoms with E-state index in [9.17, 15) is 9.59 Å². The largest absolute Gasteiger partial charge is 0.444 e. The summed E-state index contributed by atoms with van der Waals surface area (Å²) in [6.45, 7) is 9.79. The Hall–Kier alpha value is -2.04. The standard InChI is InChI=1S/C20H30N2O3/c1-16(10-11-17-8-6-5-7-9-17)18(23)21-12-14-22(15-13-21)19(24)25-20(2,3)4/h5-9,16H,10-15H2,1-4H3/t16-/m1/s1. The third kappa shape index (κ3) is 6.07. The maximum atomic E-state index is 12.6. The van der Waals surface area contributed by atoms with E-state index in [-0.39, 0.29) is 17.9 Å². The minimum absolute atomic E-state index is 0.00622. The quantitative estimate of drug-likeness (QED) is 0.840. The predicted octanol–water partition coefficient (Wildman–Crippen LogP) is 3.33. The summed E-state index contributed by atoms with van der Waals surface area (Å²) in [7, 11) is 0. The molecule has 1 fully saturated rings. The topological polar surface area (TPSA) is 49.9 Å². The number of piperazine rings is 1. The van der Waals surface area contributed by atoms with Gasteiger partial charge in [0.05, 0.1) is 0 Å². The summed E-state index contributed by atoms with van der Waals surface area (Å²) in [4.78, 5) is 28.3. The van der Waals surface area contributed by atoms with E-state index >= 15 is 0 Å². The summed E-state index contributed by atoms with van der Waals surface area (Å²) in [5.74, 6) is 0.174. The molecule has 1 aliphatic rings. The molecule has 0 radical (unpaired) electrons. The SMILES string of the molecule is C[C@H](CCc1ccccc1)C(=O)N1CCN(C(=O)OC(C)(C)C)CC1. The zero-order valence-corrected chi connectivity index (χ0v) is 15.8. The van der Waals surface area contributed by atoms with Crippen LogP contribution in [0.15, 0.2) is 30.3 Å². The minimum atomic E-state index is -0.490. The van der Waals surface area contributed by atoms with Crippen LogP contribution in [0.3, 0.4) is 0 Å². The highest BCUT2D eigenvalue weighted by molar-refractivity contribution is 5.79. The molecule has 0 bridgehead atoms. The van der Waals surface area contributed by atoms with Gasteiger partial charge in [-0.2, -0.15) is 0 Å². The molecular formula is C20H30N2O3. The molecule has 0 aromatic heterocycles. The normalized spacial score (nSPS) is 16.5. The Balaban J connectivity index is 1.77. The second-order valence-corrected chi connectivity index (χ2v) is 7.72. The zero-order chi connectivity index (χ0) is 18.4. The molecule has 1 atom stereocenters. The number of nitrogens with zero attached hydrogens (tertiary/aromatic N) is 2. The smallest absolute Gasteiger partial charge is 0.410 e. The number of rotatable bonds is 4. The Morgan fingerprint density at radius 3 is 2.16 bits per heavy atom. The molecule has 0 saturated carbocycles. The van der Waals surface area contributed by atoms with Gasteiger partial charge in [0.1, 0.15) is 5.60 Å². The van der Waals surface area contributed by atoms with E-state index in [0.29, 0.717) is 26.2 Å². The first-order valence-electron chi connectivity index (χ1n) is 9.07. The molecule has 0 aliphatic carbocycles. The molecule has 5 heteroatoms. The summed E-state index contributed by atoms with van der Waals surface area (Å²) >= 11 is 0. The molecule has 2 rings (SSSR count). The van der Waals surface area contributed by atoms with Crippen LogP contribution in [0.5, 0.6) is 0 Å². The summed E-state index contributed by atoms with van der Waals surface area (Å²) in [6, 6.07) is 10.2. The molecule has 1 heterocycles. The van der Waals surface area contributed by atoms with Gasteiger partial charge in [0.2, 0.25) is 5.91 Å². The maximum Gasteiger partial charge on any atom is 0.410 e.